The standard InChI is InChI=1S/C13H29NS/c1-4-6-7-8-9-10-13(14)11-15-12(3)5-2/h12-13H,4-11,14H2,1-3H3. The maximum absolute atomic E-state index is 6.07. The fraction of sp³-hybridized carbons (Fsp3) is 1.00. The summed E-state index contributed by atoms with van der Waals surface area (Å²) in [5.41, 5.74) is 6.07. The van der Waals surface area contributed by atoms with Crippen LogP contribution in [0.4, 0.5) is 0 Å². The van der Waals surface area contributed by atoms with E-state index in [2.05, 4.69) is 20.8 Å². The number of unbranched alkanes of at least 4 members (excludes halogenated alkanes) is 4. The smallest absolute Gasteiger partial charge is 0.0130 e. The van der Waals surface area contributed by atoms with Crippen molar-refractivity contribution >= 4 is 11.8 Å². The minimum atomic E-state index is 0.422. The highest BCUT2D eigenvalue weighted by molar-refractivity contribution is 7.99. The van der Waals surface area contributed by atoms with Crippen LogP contribution in [0.25, 0.3) is 0 Å². The van der Waals surface area contributed by atoms with Gasteiger partial charge in [-0.15, -0.1) is 0 Å². The lowest BCUT2D eigenvalue weighted by atomic mass is 10.1. The molecule has 0 aliphatic carbocycles. The molecule has 15 heavy (non-hydrogen) atoms. The van der Waals surface area contributed by atoms with E-state index >= 15 is 0 Å². The first-order valence-corrected chi connectivity index (χ1v) is 7.62. The quantitative estimate of drug-likeness (QED) is 0.570. The van der Waals surface area contributed by atoms with Crippen molar-refractivity contribution in [2.75, 3.05) is 5.75 Å². The summed E-state index contributed by atoms with van der Waals surface area (Å²) in [6.45, 7) is 6.79. The molecule has 0 aromatic heterocycles. The minimum Gasteiger partial charge on any atom is -0.327 e. The molecule has 0 aromatic rings. The van der Waals surface area contributed by atoms with E-state index in [4.69, 9.17) is 5.73 Å². The monoisotopic (exact) mass is 231 g/mol. The third-order valence-electron chi connectivity index (χ3n) is 2.85. The first kappa shape index (κ1) is 15.3. The van der Waals surface area contributed by atoms with E-state index in [0.29, 0.717) is 6.04 Å². The zero-order valence-electron chi connectivity index (χ0n) is 10.8. The molecule has 0 fully saturated rings. The molecule has 0 spiro atoms. The first-order valence-electron chi connectivity index (χ1n) is 6.57. The Bertz CT molecular complexity index is 128. The van der Waals surface area contributed by atoms with Gasteiger partial charge in [0.25, 0.3) is 0 Å². The molecule has 0 aromatic carbocycles. The average molecular weight is 231 g/mol. The molecule has 2 heteroatoms. The second-order valence-electron chi connectivity index (χ2n) is 4.52. The molecule has 0 aliphatic heterocycles. The molecule has 92 valence electrons. The van der Waals surface area contributed by atoms with Crippen molar-refractivity contribution in [2.45, 2.75) is 77.0 Å². The van der Waals surface area contributed by atoms with Gasteiger partial charge in [-0.25, -0.2) is 0 Å². The van der Waals surface area contributed by atoms with Crippen LogP contribution in [0.5, 0.6) is 0 Å². The number of rotatable bonds is 10. The SMILES string of the molecule is CCCCCCCC(N)CSC(C)CC. The molecule has 0 saturated carbocycles. The highest BCUT2D eigenvalue weighted by Gasteiger charge is 2.05. The molecular weight excluding hydrogens is 202 g/mol. The Kier molecular flexibility index (Phi) is 11.0. The van der Waals surface area contributed by atoms with E-state index in [1.54, 1.807) is 0 Å². The summed E-state index contributed by atoms with van der Waals surface area (Å²) in [6.07, 6.45) is 9.27. The summed E-state index contributed by atoms with van der Waals surface area (Å²) in [7, 11) is 0. The molecule has 1 nitrogen and oxygen atoms in total. The van der Waals surface area contributed by atoms with Gasteiger partial charge >= 0.3 is 0 Å². The van der Waals surface area contributed by atoms with Crippen LogP contribution in [0.15, 0.2) is 0 Å². The summed E-state index contributed by atoms with van der Waals surface area (Å²) in [5, 5.41) is 0.774. The van der Waals surface area contributed by atoms with Crippen LogP contribution in [-0.4, -0.2) is 17.0 Å². The molecule has 2 unspecified atom stereocenters. The predicted molar refractivity (Wildman–Crippen MR) is 73.6 cm³/mol. The minimum absolute atomic E-state index is 0.422. The van der Waals surface area contributed by atoms with Gasteiger partial charge in [-0.1, -0.05) is 52.9 Å². The van der Waals surface area contributed by atoms with Crippen LogP contribution >= 0.6 is 11.8 Å². The van der Waals surface area contributed by atoms with Crippen molar-refractivity contribution in [3.05, 3.63) is 0 Å². The van der Waals surface area contributed by atoms with Gasteiger partial charge in [0.15, 0.2) is 0 Å². The topological polar surface area (TPSA) is 26.0 Å². The van der Waals surface area contributed by atoms with Gasteiger partial charge < -0.3 is 5.73 Å². The zero-order chi connectivity index (χ0) is 11.5. The Morgan fingerprint density at radius 2 is 1.73 bits per heavy atom. The van der Waals surface area contributed by atoms with E-state index in [0.717, 1.165) is 11.0 Å². The lowest BCUT2D eigenvalue weighted by Gasteiger charge is -2.14. The zero-order valence-corrected chi connectivity index (χ0v) is 11.6. The lowest BCUT2D eigenvalue weighted by Crippen LogP contribution is -2.23. The third-order valence-corrected chi connectivity index (χ3v) is 4.37. The number of hydrogen-bond donors (Lipinski definition) is 1. The maximum atomic E-state index is 6.07. The molecule has 2 atom stereocenters. The Hall–Kier alpha value is 0.310. The van der Waals surface area contributed by atoms with Gasteiger partial charge in [0.2, 0.25) is 0 Å². The van der Waals surface area contributed by atoms with Gasteiger partial charge in [-0.05, 0) is 12.8 Å². The molecule has 2 N–H and O–H groups in total. The van der Waals surface area contributed by atoms with Crippen molar-refractivity contribution in [3.63, 3.8) is 0 Å². The summed E-state index contributed by atoms with van der Waals surface area (Å²) in [5.74, 6) is 1.14. The van der Waals surface area contributed by atoms with Crippen molar-refractivity contribution in [1.82, 2.24) is 0 Å². The van der Waals surface area contributed by atoms with Crippen LogP contribution < -0.4 is 5.73 Å². The molecular formula is C13H29NS. The van der Waals surface area contributed by atoms with E-state index in [1.807, 2.05) is 11.8 Å². The third kappa shape index (κ3) is 10.6. The first-order chi connectivity index (χ1) is 7.20. The largest absolute Gasteiger partial charge is 0.327 e. The van der Waals surface area contributed by atoms with Crippen molar-refractivity contribution < 1.29 is 0 Å². The van der Waals surface area contributed by atoms with Crippen LogP contribution in [0.1, 0.15) is 65.7 Å². The Morgan fingerprint density at radius 1 is 1.07 bits per heavy atom. The molecule has 0 bridgehead atoms. The second-order valence-corrected chi connectivity index (χ2v) is 5.99. The number of hydrogen-bond acceptors (Lipinski definition) is 2. The van der Waals surface area contributed by atoms with E-state index in [9.17, 15) is 0 Å². The van der Waals surface area contributed by atoms with Crippen LogP contribution in [0, 0.1) is 0 Å². The Labute approximate surface area is 101 Å². The normalized spacial score (nSPS) is 15.2. The molecule has 0 amide bonds. The average Bonchev–Trinajstić information content (AvgIpc) is 2.25. The highest BCUT2D eigenvalue weighted by Crippen LogP contribution is 2.16. The van der Waals surface area contributed by atoms with Gasteiger partial charge in [-0.2, -0.15) is 11.8 Å². The number of thioether (sulfide) groups is 1. The fourth-order valence-corrected chi connectivity index (χ4v) is 2.48. The maximum Gasteiger partial charge on any atom is 0.0130 e. The molecule has 0 radical (unpaired) electrons. The highest BCUT2D eigenvalue weighted by atomic mass is 32.2. The summed E-state index contributed by atoms with van der Waals surface area (Å²) < 4.78 is 0. The summed E-state index contributed by atoms with van der Waals surface area (Å²) >= 11 is 2.03. The molecule has 0 saturated heterocycles. The predicted octanol–water partition coefficient (Wildman–Crippen LogP) is 4.21. The van der Waals surface area contributed by atoms with Crippen molar-refractivity contribution in [3.8, 4) is 0 Å². The summed E-state index contributed by atoms with van der Waals surface area (Å²) in [6, 6.07) is 0.422. The van der Waals surface area contributed by atoms with Crippen molar-refractivity contribution in [2.24, 2.45) is 5.73 Å². The van der Waals surface area contributed by atoms with Crippen LogP contribution in [-0.2, 0) is 0 Å². The van der Waals surface area contributed by atoms with E-state index in [-0.39, 0.29) is 0 Å². The second kappa shape index (κ2) is 10.8. The number of nitrogens with two attached hydrogens (primary N) is 1. The van der Waals surface area contributed by atoms with Crippen LogP contribution in [0.2, 0.25) is 0 Å². The lowest BCUT2D eigenvalue weighted by molar-refractivity contribution is 0.566. The molecule has 0 aliphatic rings. The molecule has 0 rings (SSSR count). The Balaban J connectivity index is 3.21. The van der Waals surface area contributed by atoms with Gasteiger partial charge in [0.1, 0.15) is 0 Å². The van der Waals surface area contributed by atoms with Gasteiger partial charge in [-0.3, -0.25) is 0 Å². The van der Waals surface area contributed by atoms with Crippen LogP contribution in [0.3, 0.4) is 0 Å². The Morgan fingerprint density at radius 3 is 2.33 bits per heavy atom. The molecule has 0 heterocycles. The van der Waals surface area contributed by atoms with E-state index < -0.39 is 0 Å². The fourth-order valence-electron chi connectivity index (χ4n) is 1.50. The van der Waals surface area contributed by atoms with Gasteiger partial charge in [0.05, 0.1) is 0 Å². The van der Waals surface area contributed by atoms with Crippen molar-refractivity contribution in [1.29, 1.82) is 0 Å². The van der Waals surface area contributed by atoms with E-state index in [1.165, 1.54) is 44.9 Å². The summed E-state index contributed by atoms with van der Waals surface area (Å²) in [4.78, 5) is 0. The van der Waals surface area contributed by atoms with Gasteiger partial charge in [0, 0.05) is 17.0 Å².